The van der Waals surface area contributed by atoms with Gasteiger partial charge in [-0.15, -0.1) is 24.8 Å². The Hall–Kier alpha value is -1.07. The molecule has 2 rings (SSSR count). The van der Waals surface area contributed by atoms with E-state index in [1.165, 1.54) is 0 Å². The van der Waals surface area contributed by atoms with E-state index in [1.807, 2.05) is 30.5 Å². The van der Waals surface area contributed by atoms with Gasteiger partial charge < -0.3 is 15.2 Å². The zero-order valence-corrected chi connectivity index (χ0v) is 14.5. The quantitative estimate of drug-likeness (QED) is 0.807. The van der Waals surface area contributed by atoms with Crippen LogP contribution in [-0.2, 0) is 6.54 Å². The predicted octanol–water partition coefficient (Wildman–Crippen LogP) is 3.34. The molecule has 0 amide bonds. The van der Waals surface area contributed by atoms with Crippen molar-refractivity contribution in [2.75, 3.05) is 13.7 Å². The van der Waals surface area contributed by atoms with Crippen molar-refractivity contribution in [1.29, 1.82) is 0 Å². The van der Waals surface area contributed by atoms with Crippen LogP contribution in [0.5, 0.6) is 5.75 Å². The third-order valence-corrected chi connectivity index (χ3v) is 3.36. The molecule has 124 valence electrons. The molecule has 0 bridgehead atoms. The highest BCUT2D eigenvalue weighted by molar-refractivity contribution is 5.85. The number of benzene rings is 1. The van der Waals surface area contributed by atoms with Crippen molar-refractivity contribution < 1.29 is 9.84 Å². The number of aromatic nitrogens is 1. The van der Waals surface area contributed by atoms with Crippen molar-refractivity contribution in [3.05, 3.63) is 36.0 Å². The van der Waals surface area contributed by atoms with E-state index < -0.39 is 0 Å². The summed E-state index contributed by atoms with van der Waals surface area (Å²) < 4.78 is 5.26. The highest BCUT2D eigenvalue weighted by atomic mass is 35.5. The van der Waals surface area contributed by atoms with Crippen LogP contribution in [0.25, 0.3) is 10.9 Å². The Morgan fingerprint density at radius 2 is 2.05 bits per heavy atom. The Labute approximate surface area is 144 Å². The number of ether oxygens (including phenoxy) is 1. The number of rotatable bonds is 7. The Bertz CT molecular complexity index is 567. The number of halogens is 2. The first-order chi connectivity index (χ1) is 9.74. The van der Waals surface area contributed by atoms with Gasteiger partial charge in [0.05, 0.1) is 18.7 Å². The standard InChI is InChI=1S/C16H22N2O2.2ClH/c1-3-4-13(19)11-17-10-12-7-8-18-16-6-5-14(20-2)9-15(12)16;;/h5-9,13,17,19H,3-4,10-11H2,1-2H3;2*1H. The zero-order valence-electron chi connectivity index (χ0n) is 12.9. The molecule has 0 aliphatic rings. The van der Waals surface area contributed by atoms with Crippen molar-refractivity contribution in [2.24, 2.45) is 0 Å². The van der Waals surface area contributed by atoms with Crippen LogP contribution in [-0.4, -0.2) is 29.8 Å². The first-order valence-electron chi connectivity index (χ1n) is 7.05. The molecule has 1 aromatic carbocycles. The molecule has 22 heavy (non-hydrogen) atoms. The number of aliphatic hydroxyl groups excluding tert-OH is 1. The normalized spacial score (nSPS) is 11.4. The minimum absolute atomic E-state index is 0. The van der Waals surface area contributed by atoms with E-state index in [0.29, 0.717) is 13.1 Å². The molecule has 0 aliphatic heterocycles. The summed E-state index contributed by atoms with van der Waals surface area (Å²) in [6.45, 7) is 3.40. The number of aliphatic hydroxyl groups is 1. The van der Waals surface area contributed by atoms with E-state index in [-0.39, 0.29) is 30.9 Å². The summed E-state index contributed by atoms with van der Waals surface area (Å²) in [5.74, 6) is 0.831. The van der Waals surface area contributed by atoms with Crippen LogP contribution in [0.15, 0.2) is 30.5 Å². The fourth-order valence-corrected chi connectivity index (χ4v) is 2.27. The van der Waals surface area contributed by atoms with Crippen LogP contribution >= 0.6 is 24.8 Å². The number of hydrogen-bond donors (Lipinski definition) is 2. The van der Waals surface area contributed by atoms with Crippen LogP contribution in [0.2, 0.25) is 0 Å². The lowest BCUT2D eigenvalue weighted by Gasteiger charge is -2.12. The molecule has 0 spiro atoms. The molecule has 2 aromatic rings. The van der Waals surface area contributed by atoms with Gasteiger partial charge >= 0.3 is 0 Å². The topological polar surface area (TPSA) is 54.4 Å². The van der Waals surface area contributed by atoms with Crippen LogP contribution in [0.3, 0.4) is 0 Å². The molecule has 1 heterocycles. The Balaban J connectivity index is 0.00000220. The lowest BCUT2D eigenvalue weighted by Crippen LogP contribution is -2.26. The first-order valence-corrected chi connectivity index (χ1v) is 7.05. The van der Waals surface area contributed by atoms with Gasteiger partial charge in [0, 0.05) is 24.7 Å². The molecule has 1 aromatic heterocycles. The monoisotopic (exact) mass is 346 g/mol. The molecule has 0 aliphatic carbocycles. The number of nitrogens with one attached hydrogen (secondary N) is 1. The minimum Gasteiger partial charge on any atom is -0.497 e. The van der Waals surface area contributed by atoms with Crippen LogP contribution in [0.1, 0.15) is 25.3 Å². The van der Waals surface area contributed by atoms with Gasteiger partial charge in [-0.1, -0.05) is 13.3 Å². The molecule has 1 atom stereocenters. The van der Waals surface area contributed by atoms with Gasteiger partial charge in [0.15, 0.2) is 0 Å². The van der Waals surface area contributed by atoms with E-state index in [2.05, 4.69) is 17.2 Å². The summed E-state index contributed by atoms with van der Waals surface area (Å²) in [4.78, 5) is 4.36. The van der Waals surface area contributed by atoms with E-state index >= 15 is 0 Å². The van der Waals surface area contributed by atoms with Crippen molar-refractivity contribution in [2.45, 2.75) is 32.4 Å². The summed E-state index contributed by atoms with van der Waals surface area (Å²) in [5.41, 5.74) is 2.12. The summed E-state index contributed by atoms with van der Waals surface area (Å²) in [6, 6.07) is 7.88. The fourth-order valence-electron chi connectivity index (χ4n) is 2.27. The van der Waals surface area contributed by atoms with E-state index in [1.54, 1.807) is 7.11 Å². The smallest absolute Gasteiger partial charge is 0.119 e. The van der Waals surface area contributed by atoms with E-state index in [9.17, 15) is 5.11 Å². The second-order valence-corrected chi connectivity index (χ2v) is 4.93. The van der Waals surface area contributed by atoms with Crippen molar-refractivity contribution >= 4 is 35.7 Å². The van der Waals surface area contributed by atoms with Gasteiger partial charge in [-0.2, -0.15) is 0 Å². The Morgan fingerprint density at radius 3 is 2.73 bits per heavy atom. The summed E-state index contributed by atoms with van der Waals surface area (Å²) in [5, 5.41) is 14.1. The average molecular weight is 347 g/mol. The molecule has 4 nitrogen and oxygen atoms in total. The maximum absolute atomic E-state index is 9.73. The maximum Gasteiger partial charge on any atom is 0.119 e. The molecule has 2 N–H and O–H groups in total. The fraction of sp³-hybridized carbons (Fsp3) is 0.438. The molecular formula is C16H24Cl2N2O2. The molecule has 0 saturated carbocycles. The van der Waals surface area contributed by atoms with Gasteiger partial charge in [0.1, 0.15) is 5.75 Å². The lowest BCUT2D eigenvalue weighted by atomic mass is 10.1. The second kappa shape index (κ2) is 10.6. The molecule has 0 saturated heterocycles. The van der Waals surface area contributed by atoms with Gasteiger partial charge in [-0.05, 0) is 36.2 Å². The number of methoxy groups -OCH3 is 1. The van der Waals surface area contributed by atoms with Crippen LogP contribution < -0.4 is 10.1 Å². The number of pyridine rings is 1. The van der Waals surface area contributed by atoms with Gasteiger partial charge in [-0.25, -0.2) is 0 Å². The first kappa shape index (κ1) is 20.9. The predicted molar refractivity (Wildman–Crippen MR) is 95.4 cm³/mol. The van der Waals surface area contributed by atoms with Gasteiger partial charge in [0.2, 0.25) is 0 Å². The van der Waals surface area contributed by atoms with Crippen molar-refractivity contribution in [3.8, 4) is 5.75 Å². The van der Waals surface area contributed by atoms with E-state index in [4.69, 9.17) is 4.74 Å². The lowest BCUT2D eigenvalue weighted by molar-refractivity contribution is 0.160. The maximum atomic E-state index is 9.73. The highest BCUT2D eigenvalue weighted by Crippen LogP contribution is 2.22. The Morgan fingerprint density at radius 1 is 1.27 bits per heavy atom. The SMILES string of the molecule is CCCC(O)CNCc1ccnc2ccc(OC)cc12.Cl.Cl. The Kier molecular flexibility index (Phi) is 10.1. The summed E-state index contributed by atoms with van der Waals surface area (Å²) in [6.07, 6.45) is 3.37. The molecule has 1 unspecified atom stereocenters. The summed E-state index contributed by atoms with van der Waals surface area (Å²) in [7, 11) is 1.66. The molecule has 0 radical (unpaired) electrons. The average Bonchev–Trinajstić information content (AvgIpc) is 2.47. The minimum atomic E-state index is -0.275. The van der Waals surface area contributed by atoms with Gasteiger partial charge in [-0.3, -0.25) is 4.98 Å². The zero-order chi connectivity index (χ0) is 14.4. The number of hydrogen-bond acceptors (Lipinski definition) is 4. The summed E-state index contributed by atoms with van der Waals surface area (Å²) >= 11 is 0. The van der Waals surface area contributed by atoms with E-state index in [0.717, 1.165) is 35.1 Å². The largest absolute Gasteiger partial charge is 0.497 e. The number of nitrogens with zero attached hydrogens (tertiary/aromatic N) is 1. The van der Waals surface area contributed by atoms with Crippen molar-refractivity contribution in [3.63, 3.8) is 0 Å². The van der Waals surface area contributed by atoms with Crippen LogP contribution in [0, 0.1) is 0 Å². The van der Waals surface area contributed by atoms with Crippen molar-refractivity contribution in [1.82, 2.24) is 10.3 Å². The van der Waals surface area contributed by atoms with Crippen LogP contribution in [0.4, 0.5) is 0 Å². The van der Waals surface area contributed by atoms with Gasteiger partial charge in [0.25, 0.3) is 0 Å². The second-order valence-electron chi connectivity index (χ2n) is 4.93. The third kappa shape index (κ3) is 5.61. The molecular weight excluding hydrogens is 323 g/mol. The molecule has 6 heteroatoms. The highest BCUT2D eigenvalue weighted by Gasteiger charge is 2.05. The number of fused-ring (bicyclic) bond motifs is 1. The third-order valence-electron chi connectivity index (χ3n) is 3.36. The molecule has 0 fully saturated rings.